The standard InChI is InChI=1S/C46H41N5/c1-50-45-29-31(15-19-33-21-25-39(43-13-7-27-47-49-43)37-11-5-3-9-35(33)37)17-23-41(45)42-24-18-32(30-46(42)50)16-20-34-22-26-40(38-12-6-4-10-36(34)38)44-14-8-28-48-51(44)2/h3-16,19-22,25-30,35,37,48H,17-18,23-24H2,1-2H3/b19-15+,20-16+. The summed E-state index contributed by atoms with van der Waals surface area (Å²) in [5.74, 6) is 0.570. The van der Waals surface area contributed by atoms with Crippen LogP contribution in [0.4, 0.5) is 0 Å². The Morgan fingerprint density at radius 1 is 0.706 bits per heavy atom. The maximum Gasteiger partial charge on any atom is 0.0895 e. The molecule has 5 aliphatic rings. The van der Waals surface area contributed by atoms with Crippen molar-refractivity contribution < 1.29 is 0 Å². The highest BCUT2D eigenvalue weighted by molar-refractivity contribution is 5.98. The second-order valence-electron chi connectivity index (χ2n) is 14.0. The van der Waals surface area contributed by atoms with Gasteiger partial charge in [-0.25, -0.2) is 0 Å². The van der Waals surface area contributed by atoms with E-state index >= 15 is 0 Å². The predicted molar refractivity (Wildman–Crippen MR) is 211 cm³/mol. The zero-order valence-electron chi connectivity index (χ0n) is 29.1. The van der Waals surface area contributed by atoms with Crippen LogP contribution in [0.5, 0.6) is 0 Å². The van der Waals surface area contributed by atoms with Crippen LogP contribution in [0.1, 0.15) is 52.2 Å². The van der Waals surface area contributed by atoms with Crippen LogP contribution >= 0.6 is 0 Å². The van der Waals surface area contributed by atoms with Gasteiger partial charge in [0, 0.05) is 55.3 Å². The van der Waals surface area contributed by atoms with Crippen molar-refractivity contribution in [2.24, 2.45) is 18.9 Å². The molecule has 2 aromatic heterocycles. The van der Waals surface area contributed by atoms with Crippen molar-refractivity contribution in [1.82, 2.24) is 25.2 Å². The third-order valence-corrected chi connectivity index (χ3v) is 11.1. The van der Waals surface area contributed by atoms with E-state index < -0.39 is 0 Å². The minimum atomic E-state index is 0.271. The molecule has 0 amide bonds. The summed E-state index contributed by atoms with van der Waals surface area (Å²) in [5.41, 5.74) is 19.0. The summed E-state index contributed by atoms with van der Waals surface area (Å²) >= 11 is 0. The number of nitrogens with zero attached hydrogens (tertiary/aromatic N) is 4. The zero-order valence-corrected chi connectivity index (χ0v) is 29.1. The maximum atomic E-state index is 4.41. The fourth-order valence-electron chi connectivity index (χ4n) is 8.41. The molecule has 2 atom stereocenters. The number of allylic oxidation sites excluding steroid dienone is 15. The number of nitrogens with one attached hydrogen (secondary N) is 1. The Hall–Kier alpha value is -5.94. The van der Waals surface area contributed by atoms with E-state index in [-0.39, 0.29) is 5.92 Å². The van der Waals surface area contributed by atoms with E-state index in [1.54, 1.807) is 6.20 Å². The first kappa shape index (κ1) is 31.1. The lowest BCUT2D eigenvalue weighted by Gasteiger charge is -2.30. The molecule has 9 rings (SSSR count). The Morgan fingerprint density at radius 3 is 2.20 bits per heavy atom. The average Bonchev–Trinajstić information content (AvgIpc) is 3.46. The number of benzene rings is 2. The van der Waals surface area contributed by atoms with Crippen molar-refractivity contribution >= 4 is 40.3 Å². The van der Waals surface area contributed by atoms with Gasteiger partial charge < -0.3 is 9.99 Å². The van der Waals surface area contributed by atoms with Crippen molar-refractivity contribution in [3.63, 3.8) is 0 Å². The van der Waals surface area contributed by atoms with Crippen molar-refractivity contribution in [1.29, 1.82) is 0 Å². The van der Waals surface area contributed by atoms with Crippen molar-refractivity contribution in [3.05, 3.63) is 184 Å². The molecule has 0 saturated heterocycles. The molecule has 0 radical (unpaired) electrons. The van der Waals surface area contributed by atoms with Crippen LogP contribution < -0.4 is 5.43 Å². The highest BCUT2D eigenvalue weighted by Gasteiger charge is 2.29. The van der Waals surface area contributed by atoms with Gasteiger partial charge in [-0.05, 0) is 112 Å². The smallest absolute Gasteiger partial charge is 0.0895 e. The van der Waals surface area contributed by atoms with E-state index in [0.29, 0.717) is 5.92 Å². The molecule has 5 nitrogen and oxygen atoms in total. The molecule has 0 fully saturated rings. The molecule has 5 heteroatoms. The van der Waals surface area contributed by atoms with Gasteiger partial charge in [-0.1, -0.05) is 97.2 Å². The molecule has 0 saturated carbocycles. The normalized spacial score (nSPS) is 20.7. The van der Waals surface area contributed by atoms with E-state index in [2.05, 4.69) is 167 Å². The molecule has 4 aromatic rings. The van der Waals surface area contributed by atoms with Gasteiger partial charge in [-0.3, -0.25) is 5.01 Å². The molecule has 51 heavy (non-hydrogen) atoms. The average molecular weight is 664 g/mol. The third-order valence-electron chi connectivity index (χ3n) is 11.1. The summed E-state index contributed by atoms with van der Waals surface area (Å²) in [6.45, 7) is 0. The Kier molecular flexibility index (Phi) is 7.96. The van der Waals surface area contributed by atoms with Crippen LogP contribution in [0.15, 0.2) is 144 Å². The topological polar surface area (TPSA) is 46.0 Å². The van der Waals surface area contributed by atoms with Crippen LogP contribution in [0.25, 0.3) is 40.3 Å². The van der Waals surface area contributed by atoms with Crippen LogP contribution in [-0.2, 0) is 19.9 Å². The molecule has 1 aliphatic heterocycles. The summed E-state index contributed by atoms with van der Waals surface area (Å²) in [4.78, 5) is 0. The van der Waals surface area contributed by atoms with Crippen LogP contribution in [0.2, 0.25) is 0 Å². The molecule has 2 unspecified atom stereocenters. The number of fused-ring (bicyclic) bond motifs is 5. The minimum Gasteiger partial charge on any atom is -0.344 e. The number of hydrogen-bond acceptors (Lipinski definition) is 4. The zero-order chi connectivity index (χ0) is 34.3. The van der Waals surface area contributed by atoms with Crippen molar-refractivity contribution in [2.75, 3.05) is 7.05 Å². The van der Waals surface area contributed by atoms with Gasteiger partial charge in [0.15, 0.2) is 0 Å². The van der Waals surface area contributed by atoms with Gasteiger partial charge in [-0.15, -0.1) is 0 Å². The lowest BCUT2D eigenvalue weighted by Crippen LogP contribution is -2.30. The maximum absolute atomic E-state index is 4.41. The van der Waals surface area contributed by atoms with Crippen LogP contribution in [0.3, 0.4) is 0 Å². The van der Waals surface area contributed by atoms with Gasteiger partial charge in [0.1, 0.15) is 0 Å². The SMILES string of the molecule is CN1NC=CC=C1c1ccc(/C=C/C2=Cc3c(c4c(n3C)C=C(/C=C/C3=CC=C(c5cccnn5)C5C=CC=CC35)CC4)CC2)c2ccccc12. The Balaban J connectivity index is 0.975. The Morgan fingerprint density at radius 2 is 1.45 bits per heavy atom. The molecule has 2 aromatic carbocycles. The summed E-state index contributed by atoms with van der Waals surface area (Å²) in [6, 6.07) is 17.3. The van der Waals surface area contributed by atoms with Crippen LogP contribution in [0, 0.1) is 11.8 Å². The second-order valence-corrected chi connectivity index (χ2v) is 14.0. The van der Waals surface area contributed by atoms with Crippen molar-refractivity contribution in [3.8, 4) is 0 Å². The number of rotatable bonds is 6. The summed E-state index contributed by atoms with van der Waals surface area (Å²) in [5, 5.41) is 13.1. The molecule has 0 spiro atoms. The first-order valence-electron chi connectivity index (χ1n) is 18.0. The quantitative estimate of drug-likeness (QED) is 0.223. The first-order chi connectivity index (χ1) is 25.1. The van der Waals surface area contributed by atoms with Crippen molar-refractivity contribution in [2.45, 2.75) is 25.7 Å². The largest absolute Gasteiger partial charge is 0.344 e. The molecular weight excluding hydrogens is 623 g/mol. The predicted octanol–water partition coefficient (Wildman–Crippen LogP) is 9.58. The van der Waals surface area contributed by atoms with Gasteiger partial charge in [-0.2, -0.15) is 10.2 Å². The van der Waals surface area contributed by atoms with Gasteiger partial charge in [0.25, 0.3) is 0 Å². The Labute approximate surface area is 300 Å². The molecule has 250 valence electrons. The van der Waals surface area contributed by atoms with Gasteiger partial charge in [0.05, 0.1) is 11.4 Å². The lowest BCUT2D eigenvalue weighted by molar-refractivity contribution is 0.406. The van der Waals surface area contributed by atoms with E-state index in [1.807, 2.05) is 12.3 Å². The first-order valence-corrected chi connectivity index (χ1v) is 18.0. The number of aromatic nitrogens is 3. The van der Waals surface area contributed by atoms with Gasteiger partial charge in [0.2, 0.25) is 0 Å². The molecule has 4 aliphatic carbocycles. The minimum absolute atomic E-state index is 0.271. The van der Waals surface area contributed by atoms with E-state index in [0.717, 1.165) is 37.1 Å². The molecule has 1 N–H and O–H groups in total. The molecule has 0 bridgehead atoms. The fourth-order valence-corrected chi connectivity index (χ4v) is 8.41. The van der Waals surface area contributed by atoms with E-state index in [9.17, 15) is 0 Å². The third kappa shape index (κ3) is 5.69. The monoisotopic (exact) mass is 663 g/mol. The number of hydrogen-bond donors (Lipinski definition) is 1. The number of hydrazine groups is 1. The fraction of sp³-hybridized carbons (Fsp3) is 0.174. The van der Waals surface area contributed by atoms with E-state index in [1.165, 1.54) is 66.7 Å². The summed E-state index contributed by atoms with van der Waals surface area (Å²) in [6.07, 6.45) is 39.8. The Bertz CT molecular complexity index is 2370. The second kappa shape index (κ2) is 13.1. The lowest BCUT2D eigenvalue weighted by atomic mass is 9.74. The van der Waals surface area contributed by atoms with Gasteiger partial charge >= 0.3 is 0 Å². The summed E-state index contributed by atoms with van der Waals surface area (Å²) in [7, 11) is 4.30. The molecular formula is C46H41N5. The van der Waals surface area contributed by atoms with E-state index in [4.69, 9.17) is 0 Å². The molecule has 3 heterocycles. The highest BCUT2D eigenvalue weighted by atomic mass is 15.5. The summed E-state index contributed by atoms with van der Waals surface area (Å²) < 4.78 is 2.42. The van der Waals surface area contributed by atoms with Crippen LogP contribution in [-0.4, -0.2) is 26.8 Å². The highest BCUT2D eigenvalue weighted by Crippen LogP contribution is 2.41.